The molecule has 0 spiro atoms. The van der Waals surface area contributed by atoms with Gasteiger partial charge in [0, 0.05) is 21.6 Å². The quantitative estimate of drug-likeness (QED) is 0.746. The second-order valence-corrected chi connectivity index (χ2v) is 4.78. The summed E-state index contributed by atoms with van der Waals surface area (Å²) in [5.41, 5.74) is 13.2. The summed E-state index contributed by atoms with van der Waals surface area (Å²) in [7, 11) is 0. The molecule has 0 unspecified atom stereocenters. The zero-order valence-corrected chi connectivity index (χ0v) is 10.7. The van der Waals surface area contributed by atoms with Crippen LogP contribution in [0.1, 0.15) is 18.0 Å². The van der Waals surface area contributed by atoms with Crippen molar-refractivity contribution in [1.82, 2.24) is 0 Å². The van der Waals surface area contributed by atoms with Crippen molar-refractivity contribution in [2.75, 3.05) is 12.3 Å². The molecule has 0 radical (unpaired) electrons. The summed E-state index contributed by atoms with van der Waals surface area (Å²) in [6.45, 7) is 0.0603. The highest BCUT2D eigenvalue weighted by Gasteiger charge is 2.12. The maximum Gasteiger partial charge on any atom is 0.0507 e. The van der Waals surface area contributed by atoms with Crippen molar-refractivity contribution in [3.63, 3.8) is 0 Å². The molecule has 1 atom stereocenters. The molecule has 0 heterocycles. The van der Waals surface area contributed by atoms with Gasteiger partial charge in [0.25, 0.3) is 0 Å². The largest absolute Gasteiger partial charge is 0.398 e. The third-order valence-electron chi connectivity index (χ3n) is 1.97. The molecule has 3 nitrogen and oxygen atoms in total. The van der Waals surface area contributed by atoms with E-state index in [1.807, 2.05) is 12.1 Å². The molecular formula is C9H12Br2N2O. The van der Waals surface area contributed by atoms with Crippen LogP contribution in [0.4, 0.5) is 5.69 Å². The fraction of sp³-hybridized carbons (Fsp3) is 0.333. The molecule has 0 aliphatic carbocycles. The lowest BCUT2D eigenvalue weighted by molar-refractivity contribution is 0.276. The van der Waals surface area contributed by atoms with Crippen molar-refractivity contribution in [2.45, 2.75) is 12.5 Å². The van der Waals surface area contributed by atoms with E-state index in [0.29, 0.717) is 12.1 Å². The summed E-state index contributed by atoms with van der Waals surface area (Å²) >= 11 is 6.71. The maximum atomic E-state index is 8.78. The summed E-state index contributed by atoms with van der Waals surface area (Å²) in [6, 6.07) is 3.51. The van der Waals surface area contributed by atoms with Crippen molar-refractivity contribution >= 4 is 37.5 Å². The zero-order valence-electron chi connectivity index (χ0n) is 7.50. The van der Waals surface area contributed by atoms with E-state index in [0.717, 1.165) is 14.5 Å². The Kier molecular flexibility index (Phi) is 4.37. The molecule has 1 rings (SSSR count). The highest BCUT2D eigenvalue weighted by molar-refractivity contribution is 9.11. The number of hydrogen-bond donors (Lipinski definition) is 3. The number of nitrogens with two attached hydrogens (primary N) is 2. The number of aliphatic hydroxyl groups excluding tert-OH is 1. The van der Waals surface area contributed by atoms with Gasteiger partial charge in [0.2, 0.25) is 0 Å². The van der Waals surface area contributed by atoms with E-state index in [4.69, 9.17) is 16.6 Å². The van der Waals surface area contributed by atoms with Crippen LogP contribution in [-0.4, -0.2) is 11.7 Å². The van der Waals surface area contributed by atoms with Gasteiger partial charge in [-0.2, -0.15) is 0 Å². The fourth-order valence-corrected chi connectivity index (χ4v) is 2.46. The summed E-state index contributed by atoms with van der Waals surface area (Å²) in [6.07, 6.45) is 0.507. The van der Waals surface area contributed by atoms with E-state index in [-0.39, 0.29) is 12.6 Å². The first-order valence-corrected chi connectivity index (χ1v) is 5.75. The van der Waals surface area contributed by atoms with Crippen LogP contribution in [0.25, 0.3) is 0 Å². The topological polar surface area (TPSA) is 72.3 Å². The Labute approximate surface area is 99.7 Å². The van der Waals surface area contributed by atoms with Crippen LogP contribution in [0, 0.1) is 0 Å². The standard InChI is InChI=1S/C9H12Br2N2O/c10-5-3-6(8(12)1-2-14)9(13)7(11)4-5/h3-4,8,14H,1-2,12-13H2/t8-/m1/s1. The number of halogens is 2. The summed E-state index contributed by atoms with van der Waals surface area (Å²) in [5, 5.41) is 8.78. The van der Waals surface area contributed by atoms with E-state index < -0.39 is 0 Å². The van der Waals surface area contributed by atoms with Gasteiger partial charge in [-0.15, -0.1) is 0 Å². The van der Waals surface area contributed by atoms with Crippen LogP contribution in [0.5, 0.6) is 0 Å². The highest BCUT2D eigenvalue weighted by Crippen LogP contribution is 2.32. The molecule has 0 aliphatic rings. The highest BCUT2D eigenvalue weighted by atomic mass is 79.9. The lowest BCUT2D eigenvalue weighted by atomic mass is 10.0. The summed E-state index contributed by atoms with van der Waals surface area (Å²) in [4.78, 5) is 0. The number of rotatable bonds is 3. The lowest BCUT2D eigenvalue weighted by Crippen LogP contribution is -2.14. The maximum absolute atomic E-state index is 8.78. The molecule has 0 fully saturated rings. The predicted octanol–water partition coefficient (Wildman–Crippen LogP) is 2.18. The molecule has 0 bridgehead atoms. The van der Waals surface area contributed by atoms with E-state index in [1.54, 1.807) is 0 Å². The molecule has 0 aliphatic heterocycles. The van der Waals surface area contributed by atoms with Crippen LogP contribution in [-0.2, 0) is 0 Å². The van der Waals surface area contributed by atoms with Gasteiger partial charge < -0.3 is 16.6 Å². The summed E-state index contributed by atoms with van der Waals surface area (Å²) < 4.78 is 1.73. The average Bonchev–Trinajstić information content (AvgIpc) is 2.11. The first kappa shape index (κ1) is 12.0. The lowest BCUT2D eigenvalue weighted by Gasteiger charge is -2.14. The molecule has 0 saturated carbocycles. The molecular weight excluding hydrogens is 312 g/mol. The molecule has 78 valence electrons. The smallest absolute Gasteiger partial charge is 0.0507 e. The van der Waals surface area contributed by atoms with Crippen LogP contribution >= 0.6 is 31.9 Å². The van der Waals surface area contributed by atoms with Crippen LogP contribution in [0.15, 0.2) is 21.1 Å². The molecule has 1 aromatic rings. The van der Waals surface area contributed by atoms with Gasteiger partial charge in [-0.25, -0.2) is 0 Å². The zero-order chi connectivity index (χ0) is 10.7. The molecule has 0 saturated heterocycles. The number of nitrogen functional groups attached to an aromatic ring is 1. The number of benzene rings is 1. The molecule has 1 aromatic carbocycles. The van der Waals surface area contributed by atoms with Gasteiger partial charge in [0.05, 0.1) is 5.69 Å². The third kappa shape index (κ3) is 2.70. The van der Waals surface area contributed by atoms with Gasteiger partial charge in [-0.3, -0.25) is 0 Å². The van der Waals surface area contributed by atoms with Crippen molar-refractivity contribution in [3.8, 4) is 0 Å². The SMILES string of the molecule is Nc1c(Br)cc(Br)cc1[C@H](N)CCO. The van der Waals surface area contributed by atoms with Crippen molar-refractivity contribution < 1.29 is 5.11 Å². The normalized spacial score (nSPS) is 12.9. The molecule has 0 amide bonds. The third-order valence-corrected chi connectivity index (χ3v) is 3.08. The second kappa shape index (κ2) is 5.11. The minimum Gasteiger partial charge on any atom is -0.398 e. The Balaban J connectivity index is 3.07. The Morgan fingerprint density at radius 2 is 2.00 bits per heavy atom. The van der Waals surface area contributed by atoms with E-state index in [1.165, 1.54) is 0 Å². The molecule has 0 aromatic heterocycles. The van der Waals surface area contributed by atoms with Crippen molar-refractivity contribution in [1.29, 1.82) is 0 Å². The predicted molar refractivity (Wildman–Crippen MR) is 64.9 cm³/mol. The van der Waals surface area contributed by atoms with Gasteiger partial charge in [-0.1, -0.05) is 15.9 Å². The first-order chi connectivity index (χ1) is 6.56. The Hall–Kier alpha value is -0.100. The second-order valence-electron chi connectivity index (χ2n) is 3.01. The Bertz CT molecular complexity index is 331. The minimum atomic E-state index is -0.228. The minimum absolute atomic E-state index is 0.0603. The monoisotopic (exact) mass is 322 g/mol. The Morgan fingerprint density at radius 1 is 1.36 bits per heavy atom. The van der Waals surface area contributed by atoms with Gasteiger partial charge in [0.1, 0.15) is 0 Å². The number of anilines is 1. The van der Waals surface area contributed by atoms with E-state index in [9.17, 15) is 0 Å². The van der Waals surface area contributed by atoms with Gasteiger partial charge in [0.15, 0.2) is 0 Å². The number of hydrogen-bond acceptors (Lipinski definition) is 3. The average molecular weight is 324 g/mol. The van der Waals surface area contributed by atoms with Crippen LogP contribution in [0.3, 0.4) is 0 Å². The van der Waals surface area contributed by atoms with Crippen LogP contribution in [0.2, 0.25) is 0 Å². The molecule has 5 heteroatoms. The van der Waals surface area contributed by atoms with E-state index >= 15 is 0 Å². The first-order valence-electron chi connectivity index (χ1n) is 4.17. The van der Waals surface area contributed by atoms with Crippen LogP contribution < -0.4 is 11.5 Å². The fourth-order valence-electron chi connectivity index (χ4n) is 1.21. The summed E-state index contributed by atoms with van der Waals surface area (Å²) in [5.74, 6) is 0. The van der Waals surface area contributed by atoms with E-state index in [2.05, 4.69) is 31.9 Å². The van der Waals surface area contributed by atoms with Gasteiger partial charge in [-0.05, 0) is 40.0 Å². The molecule has 5 N–H and O–H groups in total. The van der Waals surface area contributed by atoms with Crippen molar-refractivity contribution in [3.05, 3.63) is 26.6 Å². The number of aliphatic hydroxyl groups is 1. The molecule has 14 heavy (non-hydrogen) atoms. The van der Waals surface area contributed by atoms with Gasteiger partial charge >= 0.3 is 0 Å². The van der Waals surface area contributed by atoms with Crippen molar-refractivity contribution in [2.24, 2.45) is 5.73 Å². The Morgan fingerprint density at radius 3 is 2.57 bits per heavy atom.